The minimum atomic E-state index is -1.10. The molecule has 1 amide bonds. The minimum Gasteiger partial charge on any atom is -0.480 e. The summed E-state index contributed by atoms with van der Waals surface area (Å²) in [5.74, 6) is -1.23. The third-order valence-corrected chi connectivity index (χ3v) is 3.52. The molecule has 2 fully saturated rings. The highest BCUT2D eigenvalue weighted by Gasteiger charge is 2.49. The summed E-state index contributed by atoms with van der Waals surface area (Å²) >= 11 is 0. The van der Waals surface area contributed by atoms with Crippen LogP contribution >= 0.6 is 0 Å². The molecule has 0 aromatic carbocycles. The standard InChI is InChI=1S/C11H17NO4/c1-11(10(14)15,8-2-3-8)12-9(13)7-4-5-16-6-7/h7-8H,2-6H2,1H3,(H,12,13)(H,14,15). The third kappa shape index (κ3) is 2.04. The van der Waals surface area contributed by atoms with E-state index in [0.29, 0.717) is 19.6 Å². The Morgan fingerprint density at radius 1 is 1.38 bits per heavy atom. The summed E-state index contributed by atoms with van der Waals surface area (Å²) in [6, 6.07) is 0. The van der Waals surface area contributed by atoms with Crippen LogP contribution in [0.3, 0.4) is 0 Å². The molecule has 5 heteroatoms. The van der Waals surface area contributed by atoms with Crippen LogP contribution in [0.25, 0.3) is 0 Å². The van der Waals surface area contributed by atoms with Gasteiger partial charge in [-0.15, -0.1) is 0 Å². The van der Waals surface area contributed by atoms with Crippen LogP contribution in [0.5, 0.6) is 0 Å². The van der Waals surface area contributed by atoms with Crippen LogP contribution in [0, 0.1) is 11.8 Å². The van der Waals surface area contributed by atoms with Gasteiger partial charge in [0.25, 0.3) is 0 Å². The van der Waals surface area contributed by atoms with Gasteiger partial charge in [0.1, 0.15) is 5.54 Å². The highest BCUT2D eigenvalue weighted by Crippen LogP contribution is 2.40. The van der Waals surface area contributed by atoms with E-state index in [9.17, 15) is 14.7 Å². The van der Waals surface area contributed by atoms with Gasteiger partial charge in [-0.3, -0.25) is 4.79 Å². The van der Waals surface area contributed by atoms with Gasteiger partial charge in [-0.1, -0.05) is 0 Å². The molecule has 2 N–H and O–H groups in total. The Balaban J connectivity index is 2.00. The fourth-order valence-corrected chi connectivity index (χ4v) is 2.09. The van der Waals surface area contributed by atoms with Gasteiger partial charge in [-0.25, -0.2) is 4.79 Å². The molecule has 2 atom stereocenters. The number of carbonyl (C=O) groups excluding carboxylic acids is 1. The van der Waals surface area contributed by atoms with Crippen LogP contribution in [0.4, 0.5) is 0 Å². The van der Waals surface area contributed by atoms with Crippen molar-refractivity contribution in [3.63, 3.8) is 0 Å². The Hall–Kier alpha value is -1.10. The third-order valence-electron chi connectivity index (χ3n) is 3.52. The number of aliphatic carboxylic acids is 1. The maximum Gasteiger partial charge on any atom is 0.329 e. The lowest BCUT2D eigenvalue weighted by atomic mass is 9.94. The molecule has 2 rings (SSSR count). The average molecular weight is 227 g/mol. The number of amides is 1. The Labute approximate surface area is 94.2 Å². The Morgan fingerprint density at radius 2 is 2.06 bits per heavy atom. The van der Waals surface area contributed by atoms with Crippen LogP contribution in [0.1, 0.15) is 26.2 Å². The van der Waals surface area contributed by atoms with Gasteiger partial charge < -0.3 is 15.2 Å². The molecule has 0 radical (unpaired) electrons. The van der Waals surface area contributed by atoms with Crippen molar-refractivity contribution in [1.29, 1.82) is 0 Å². The summed E-state index contributed by atoms with van der Waals surface area (Å²) in [6.45, 7) is 2.60. The van der Waals surface area contributed by atoms with Crippen LogP contribution in [-0.2, 0) is 14.3 Å². The van der Waals surface area contributed by atoms with E-state index in [2.05, 4.69) is 5.32 Å². The predicted octanol–water partition coefficient (Wildman–Crippen LogP) is 0.392. The van der Waals surface area contributed by atoms with Crippen molar-refractivity contribution >= 4 is 11.9 Å². The summed E-state index contributed by atoms with van der Waals surface area (Å²) in [6.07, 6.45) is 2.45. The predicted molar refractivity (Wildman–Crippen MR) is 55.8 cm³/mol. The van der Waals surface area contributed by atoms with Gasteiger partial charge in [0.05, 0.1) is 12.5 Å². The van der Waals surface area contributed by atoms with E-state index in [-0.39, 0.29) is 17.7 Å². The second-order valence-corrected chi connectivity index (χ2v) is 4.83. The Morgan fingerprint density at radius 3 is 2.50 bits per heavy atom. The number of nitrogens with one attached hydrogen (secondary N) is 1. The first-order valence-electron chi connectivity index (χ1n) is 5.67. The number of hydrogen-bond acceptors (Lipinski definition) is 3. The van der Waals surface area contributed by atoms with Gasteiger partial charge in [0, 0.05) is 6.61 Å². The van der Waals surface area contributed by atoms with Crippen LogP contribution in [0.2, 0.25) is 0 Å². The van der Waals surface area contributed by atoms with E-state index in [4.69, 9.17) is 4.74 Å². The van der Waals surface area contributed by atoms with Crippen LogP contribution in [0.15, 0.2) is 0 Å². The molecule has 1 aliphatic carbocycles. The normalized spacial score (nSPS) is 28.4. The average Bonchev–Trinajstić information content (AvgIpc) is 2.94. The van der Waals surface area contributed by atoms with Gasteiger partial charge in [-0.2, -0.15) is 0 Å². The molecule has 16 heavy (non-hydrogen) atoms. The second-order valence-electron chi connectivity index (χ2n) is 4.83. The quantitative estimate of drug-likeness (QED) is 0.728. The first-order valence-corrected chi connectivity index (χ1v) is 5.67. The fourth-order valence-electron chi connectivity index (χ4n) is 2.09. The van der Waals surface area contributed by atoms with Gasteiger partial charge in [0.15, 0.2) is 0 Å². The summed E-state index contributed by atoms with van der Waals surface area (Å²) < 4.78 is 5.12. The lowest BCUT2D eigenvalue weighted by molar-refractivity contribution is -0.148. The first-order chi connectivity index (χ1) is 7.54. The zero-order valence-corrected chi connectivity index (χ0v) is 9.36. The zero-order chi connectivity index (χ0) is 11.8. The van der Waals surface area contributed by atoms with Gasteiger partial charge in [0.2, 0.25) is 5.91 Å². The summed E-state index contributed by atoms with van der Waals surface area (Å²) in [4.78, 5) is 23.1. The van der Waals surface area contributed by atoms with E-state index in [1.807, 2.05) is 0 Å². The SMILES string of the molecule is CC(NC(=O)C1CCOC1)(C(=O)O)C1CC1. The zero-order valence-electron chi connectivity index (χ0n) is 9.36. The number of hydrogen-bond donors (Lipinski definition) is 2. The highest BCUT2D eigenvalue weighted by atomic mass is 16.5. The van der Waals surface area contributed by atoms with E-state index in [1.165, 1.54) is 0 Å². The molecular weight excluding hydrogens is 210 g/mol. The topological polar surface area (TPSA) is 75.6 Å². The molecule has 2 aliphatic rings. The number of ether oxygens (including phenoxy) is 1. The van der Waals surface area contributed by atoms with Crippen molar-refractivity contribution in [1.82, 2.24) is 5.32 Å². The largest absolute Gasteiger partial charge is 0.480 e. The fraction of sp³-hybridized carbons (Fsp3) is 0.818. The van der Waals surface area contributed by atoms with E-state index in [1.54, 1.807) is 6.92 Å². The smallest absolute Gasteiger partial charge is 0.329 e. The Bertz CT molecular complexity index is 307. The maximum atomic E-state index is 11.8. The summed E-state index contributed by atoms with van der Waals surface area (Å²) in [7, 11) is 0. The molecule has 0 bridgehead atoms. The molecule has 1 saturated heterocycles. The van der Waals surface area contributed by atoms with Crippen molar-refractivity contribution in [2.45, 2.75) is 31.7 Å². The molecule has 0 spiro atoms. The second kappa shape index (κ2) is 4.05. The van der Waals surface area contributed by atoms with Gasteiger partial charge in [-0.05, 0) is 32.1 Å². The molecule has 1 heterocycles. The molecule has 0 aromatic rings. The van der Waals surface area contributed by atoms with Crippen molar-refractivity contribution in [2.24, 2.45) is 11.8 Å². The summed E-state index contributed by atoms with van der Waals surface area (Å²) in [5.41, 5.74) is -1.10. The highest BCUT2D eigenvalue weighted by molar-refractivity contribution is 5.88. The lowest BCUT2D eigenvalue weighted by Crippen LogP contribution is -2.55. The minimum absolute atomic E-state index is 0.0799. The molecule has 5 nitrogen and oxygen atoms in total. The molecule has 2 unspecified atom stereocenters. The lowest BCUT2D eigenvalue weighted by Gasteiger charge is -2.27. The number of carbonyl (C=O) groups is 2. The van der Waals surface area contributed by atoms with E-state index >= 15 is 0 Å². The van der Waals surface area contributed by atoms with Crippen LogP contribution in [-0.4, -0.2) is 35.7 Å². The van der Waals surface area contributed by atoms with Crippen molar-refractivity contribution in [3.05, 3.63) is 0 Å². The Kier molecular flexibility index (Phi) is 2.88. The van der Waals surface area contributed by atoms with Crippen molar-refractivity contribution in [2.75, 3.05) is 13.2 Å². The first kappa shape index (κ1) is 11.4. The van der Waals surface area contributed by atoms with Gasteiger partial charge >= 0.3 is 5.97 Å². The van der Waals surface area contributed by atoms with Crippen molar-refractivity contribution in [3.8, 4) is 0 Å². The molecule has 1 saturated carbocycles. The molecule has 0 aromatic heterocycles. The maximum absolute atomic E-state index is 11.8. The number of carboxylic acid groups (broad SMARTS) is 1. The monoisotopic (exact) mass is 227 g/mol. The molecule has 90 valence electrons. The number of carboxylic acids is 1. The van der Waals surface area contributed by atoms with Crippen molar-refractivity contribution < 1.29 is 19.4 Å². The molecule has 1 aliphatic heterocycles. The number of rotatable bonds is 4. The van der Waals surface area contributed by atoms with Crippen LogP contribution < -0.4 is 5.32 Å². The molecular formula is C11H17NO4. The van der Waals surface area contributed by atoms with E-state index < -0.39 is 11.5 Å². The summed E-state index contributed by atoms with van der Waals surface area (Å²) in [5, 5.41) is 11.9. The van der Waals surface area contributed by atoms with E-state index in [0.717, 1.165) is 12.8 Å².